The molecule has 0 spiro atoms. The second-order valence-corrected chi connectivity index (χ2v) is 8.77. The van der Waals surface area contributed by atoms with Gasteiger partial charge >= 0.3 is 0 Å². The van der Waals surface area contributed by atoms with E-state index >= 15 is 0 Å². The molecule has 1 aliphatic rings. The molecule has 160 valence electrons. The van der Waals surface area contributed by atoms with E-state index in [4.69, 9.17) is 23.2 Å². The standard InChI is InChI=1S/C24H19Cl2N5O/c25-18-5-1-15(2-6-18)16-9-11-30(12-10-16)23-20(13-27)22-28-14-21(24(32)31(22)29-23)17-3-7-19(26)8-4-17/h1-8,14,16,28H,9-12H2. The molecule has 1 aliphatic heterocycles. The maximum atomic E-state index is 13.2. The minimum Gasteiger partial charge on any atom is -0.354 e. The first-order chi connectivity index (χ1) is 15.5. The van der Waals surface area contributed by atoms with Crippen LogP contribution in [-0.2, 0) is 0 Å². The first kappa shape index (κ1) is 20.6. The van der Waals surface area contributed by atoms with Crippen LogP contribution < -0.4 is 10.5 Å². The summed E-state index contributed by atoms with van der Waals surface area (Å²) in [6.07, 6.45) is 3.49. The maximum Gasteiger partial charge on any atom is 0.282 e. The van der Waals surface area contributed by atoms with Gasteiger partial charge in [0, 0.05) is 29.3 Å². The zero-order chi connectivity index (χ0) is 22.2. The van der Waals surface area contributed by atoms with Gasteiger partial charge in [-0.05, 0) is 54.2 Å². The summed E-state index contributed by atoms with van der Waals surface area (Å²) in [5, 5.41) is 15.7. The van der Waals surface area contributed by atoms with Crippen LogP contribution in [-0.4, -0.2) is 27.7 Å². The Hall–Kier alpha value is -3.27. The summed E-state index contributed by atoms with van der Waals surface area (Å²) in [4.78, 5) is 18.3. The van der Waals surface area contributed by atoms with Crippen LogP contribution in [0.15, 0.2) is 59.5 Å². The molecule has 1 fully saturated rings. The fourth-order valence-corrected chi connectivity index (χ4v) is 4.58. The normalized spacial score (nSPS) is 14.6. The SMILES string of the molecule is N#Cc1c(N2CCC(c3ccc(Cl)cc3)CC2)nn2c(=O)c(-c3ccc(Cl)cc3)c[nH]c12. The van der Waals surface area contributed by atoms with Crippen LogP contribution in [0.2, 0.25) is 10.0 Å². The molecule has 5 rings (SSSR count). The predicted molar refractivity (Wildman–Crippen MR) is 127 cm³/mol. The predicted octanol–water partition coefficient (Wildman–Crippen LogP) is 5.25. The highest BCUT2D eigenvalue weighted by Gasteiger charge is 2.26. The number of fused-ring (bicyclic) bond motifs is 1. The molecule has 8 heteroatoms. The second-order valence-electron chi connectivity index (χ2n) is 7.90. The molecule has 0 atom stereocenters. The first-order valence-corrected chi connectivity index (χ1v) is 11.1. The minimum absolute atomic E-state index is 0.278. The quantitative estimate of drug-likeness (QED) is 0.449. The van der Waals surface area contributed by atoms with Crippen LogP contribution in [0.25, 0.3) is 16.8 Å². The van der Waals surface area contributed by atoms with Crippen LogP contribution in [0.5, 0.6) is 0 Å². The highest BCUT2D eigenvalue weighted by molar-refractivity contribution is 6.30. The largest absolute Gasteiger partial charge is 0.354 e. The Kier molecular flexibility index (Phi) is 5.38. The number of aromatic amines is 1. The Labute approximate surface area is 194 Å². The number of rotatable bonds is 3. The van der Waals surface area contributed by atoms with Gasteiger partial charge in [-0.2, -0.15) is 9.78 Å². The molecule has 4 aromatic rings. The van der Waals surface area contributed by atoms with Crippen LogP contribution in [0, 0.1) is 11.3 Å². The van der Waals surface area contributed by atoms with Gasteiger partial charge in [-0.3, -0.25) is 4.79 Å². The number of halogens is 2. The Morgan fingerprint density at radius 3 is 2.25 bits per heavy atom. The first-order valence-electron chi connectivity index (χ1n) is 10.4. The molecule has 6 nitrogen and oxygen atoms in total. The molecule has 1 saturated heterocycles. The van der Waals surface area contributed by atoms with E-state index in [1.54, 1.807) is 30.5 Å². The monoisotopic (exact) mass is 463 g/mol. The maximum absolute atomic E-state index is 13.2. The van der Waals surface area contributed by atoms with E-state index in [9.17, 15) is 10.1 Å². The average molecular weight is 464 g/mol. The lowest BCUT2D eigenvalue weighted by Gasteiger charge is -2.32. The summed E-state index contributed by atoms with van der Waals surface area (Å²) >= 11 is 12.0. The fourth-order valence-electron chi connectivity index (χ4n) is 4.32. The van der Waals surface area contributed by atoms with Crippen LogP contribution >= 0.6 is 23.2 Å². The van der Waals surface area contributed by atoms with Crippen LogP contribution in [0.4, 0.5) is 5.82 Å². The van der Waals surface area contributed by atoms with Gasteiger partial charge in [-0.15, -0.1) is 5.10 Å². The molecule has 0 saturated carbocycles. The van der Waals surface area contributed by atoms with Crippen molar-refractivity contribution in [3.63, 3.8) is 0 Å². The topological polar surface area (TPSA) is 77.2 Å². The lowest BCUT2D eigenvalue weighted by Crippen LogP contribution is -2.33. The van der Waals surface area contributed by atoms with E-state index in [2.05, 4.69) is 33.2 Å². The van der Waals surface area contributed by atoms with Gasteiger partial charge in [0.05, 0.1) is 5.56 Å². The van der Waals surface area contributed by atoms with Crippen molar-refractivity contribution in [1.82, 2.24) is 14.6 Å². The number of hydrogen-bond donors (Lipinski definition) is 1. The summed E-state index contributed by atoms with van der Waals surface area (Å²) in [6.45, 7) is 1.51. The molecule has 0 unspecified atom stereocenters. The van der Waals surface area contributed by atoms with Crippen molar-refractivity contribution < 1.29 is 0 Å². The van der Waals surface area contributed by atoms with Crippen molar-refractivity contribution in [3.8, 4) is 17.2 Å². The molecule has 0 aliphatic carbocycles. The van der Waals surface area contributed by atoms with E-state index in [-0.39, 0.29) is 5.56 Å². The lowest BCUT2D eigenvalue weighted by molar-refractivity contribution is 0.502. The number of hydrogen-bond acceptors (Lipinski definition) is 4. The van der Waals surface area contributed by atoms with Crippen LogP contribution in [0.1, 0.15) is 29.9 Å². The summed E-state index contributed by atoms with van der Waals surface area (Å²) in [6, 6.07) is 17.3. The zero-order valence-corrected chi connectivity index (χ0v) is 18.6. The average Bonchev–Trinajstić information content (AvgIpc) is 3.20. The van der Waals surface area contributed by atoms with Gasteiger partial charge < -0.3 is 9.88 Å². The molecule has 2 aromatic carbocycles. The molecule has 2 aromatic heterocycles. The van der Waals surface area contributed by atoms with E-state index in [0.29, 0.717) is 33.5 Å². The molecule has 3 heterocycles. The Bertz CT molecular complexity index is 1380. The summed E-state index contributed by atoms with van der Waals surface area (Å²) in [7, 11) is 0. The highest BCUT2D eigenvalue weighted by atomic mass is 35.5. The highest BCUT2D eigenvalue weighted by Crippen LogP contribution is 2.32. The van der Waals surface area contributed by atoms with E-state index in [1.165, 1.54) is 10.1 Å². The molecule has 1 N–H and O–H groups in total. The number of H-pyrrole nitrogens is 1. The number of piperidine rings is 1. The van der Waals surface area contributed by atoms with Crippen molar-refractivity contribution in [1.29, 1.82) is 5.26 Å². The van der Waals surface area contributed by atoms with Gasteiger partial charge in [0.1, 0.15) is 11.6 Å². The van der Waals surface area contributed by atoms with Gasteiger partial charge in [-0.1, -0.05) is 47.5 Å². The van der Waals surface area contributed by atoms with Gasteiger partial charge in [0.15, 0.2) is 11.5 Å². The molecule has 0 radical (unpaired) electrons. The third-order valence-corrected chi connectivity index (χ3v) is 6.55. The minimum atomic E-state index is -0.278. The Morgan fingerprint density at radius 1 is 1.00 bits per heavy atom. The number of anilines is 1. The Balaban J connectivity index is 1.46. The van der Waals surface area contributed by atoms with Gasteiger partial charge in [0.2, 0.25) is 0 Å². The van der Waals surface area contributed by atoms with Gasteiger partial charge in [-0.25, -0.2) is 0 Å². The fraction of sp³-hybridized carbons (Fsp3) is 0.208. The van der Waals surface area contributed by atoms with Crippen molar-refractivity contribution in [2.45, 2.75) is 18.8 Å². The Morgan fingerprint density at radius 2 is 1.62 bits per heavy atom. The summed E-state index contributed by atoms with van der Waals surface area (Å²) in [5.41, 5.74) is 2.98. The number of nitrogens with one attached hydrogen (secondary N) is 1. The van der Waals surface area contributed by atoms with Gasteiger partial charge in [0.25, 0.3) is 5.56 Å². The molecular formula is C24H19Cl2N5O. The second kappa shape index (κ2) is 8.34. The smallest absolute Gasteiger partial charge is 0.282 e. The van der Waals surface area contributed by atoms with Crippen LogP contribution in [0.3, 0.4) is 0 Å². The van der Waals surface area contributed by atoms with E-state index in [1.807, 2.05) is 12.1 Å². The number of nitriles is 1. The summed E-state index contributed by atoms with van der Waals surface area (Å²) < 4.78 is 1.29. The zero-order valence-electron chi connectivity index (χ0n) is 17.1. The molecule has 0 bridgehead atoms. The van der Waals surface area contributed by atoms with E-state index < -0.39 is 0 Å². The van der Waals surface area contributed by atoms with E-state index in [0.717, 1.165) is 36.5 Å². The van der Waals surface area contributed by atoms with Crippen molar-refractivity contribution in [2.75, 3.05) is 18.0 Å². The lowest BCUT2D eigenvalue weighted by atomic mass is 9.89. The number of benzene rings is 2. The number of aromatic nitrogens is 3. The molecular weight excluding hydrogens is 445 g/mol. The third-order valence-electron chi connectivity index (χ3n) is 6.05. The number of nitrogens with zero attached hydrogens (tertiary/aromatic N) is 4. The third kappa shape index (κ3) is 3.64. The molecule has 32 heavy (non-hydrogen) atoms. The molecule has 0 amide bonds. The van der Waals surface area contributed by atoms with Crippen molar-refractivity contribution >= 4 is 34.7 Å². The van der Waals surface area contributed by atoms with Crippen molar-refractivity contribution in [3.05, 3.63) is 86.3 Å². The van der Waals surface area contributed by atoms with Crippen molar-refractivity contribution in [2.24, 2.45) is 0 Å². The summed E-state index contributed by atoms with van der Waals surface area (Å²) in [5.74, 6) is 0.980.